The first-order chi connectivity index (χ1) is 16.2. The molecule has 1 fully saturated rings. The van der Waals surface area contributed by atoms with Crippen LogP contribution in [0.25, 0.3) is 28.0 Å². The van der Waals surface area contributed by atoms with Gasteiger partial charge in [-0.05, 0) is 48.7 Å². The summed E-state index contributed by atoms with van der Waals surface area (Å²) in [6, 6.07) is 13.7. The molecule has 0 saturated carbocycles. The van der Waals surface area contributed by atoms with Crippen LogP contribution < -0.4 is 0 Å². The third-order valence-corrected chi connectivity index (χ3v) is 5.85. The average Bonchev–Trinajstić information content (AvgIpc) is 3.51. The molecule has 1 amide bonds. The molecule has 5 rings (SSSR count). The molecule has 9 heteroatoms. The van der Waals surface area contributed by atoms with Crippen molar-refractivity contribution in [1.29, 1.82) is 0 Å². The van der Waals surface area contributed by atoms with Gasteiger partial charge in [-0.15, -0.1) is 5.10 Å². The van der Waals surface area contributed by atoms with E-state index in [2.05, 4.69) is 38.7 Å². The number of hydrogen-bond acceptors (Lipinski definition) is 6. The molecule has 0 atom stereocenters. The average molecular weight is 447 g/mol. The molecule has 0 aliphatic carbocycles. The molecule has 4 aromatic rings. The van der Waals surface area contributed by atoms with Crippen LogP contribution in [0.4, 0.5) is 0 Å². The number of rotatable bonds is 7. The van der Waals surface area contributed by atoms with Gasteiger partial charge in [0.25, 0.3) is 5.91 Å². The lowest BCUT2D eigenvalue weighted by atomic mass is 10.1. The van der Waals surface area contributed by atoms with Gasteiger partial charge in [-0.3, -0.25) is 9.89 Å². The Morgan fingerprint density at radius 1 is 1.15 bits per heavy atom. The Bertz CT molecular complexity index is 1240. The van der Waals surface area contributed by atoms with Crippen LogP contribution in [-0.4, -0.2) is 76.0 Å². The van der Waals surface area contributed by atoms with Gasteiger partial charge in [0.2, 0.25) is 0 Å². The maximum Gasteiger partial charge on any atom is 0.254 e. The van der Waals surface area contributed by atoms with Crippen molar-refractivity contribution in [1.82, 2.24) is 30.1 Å². The molecule has 1 N–H and O–H groups in total. The number of ether oxygens (including phenoxy) is 2. The van der Waals surface area contributed by atoms with E-state index in [0.717, 1.165) is 41.7 Å². The smallest absolute Gasteiger partial charge is 0.254 e. The fourth-order valence-corrected chi connectivity index (χ4v) is 4.04. The van der Waals surface area contributed by atoms with Crippen LogP contribution in [0.2, 0.25) is 0 Å². The van der Waals surface area contributed by atoms with Gasteiger partial charge < -0.3 is 14.4 Å². The molecule has 9 nitrogen and oxygen atoms in total. The number of carbonyl (C=O) groups is 1. The molecular formula is C24H26N6O3. The van der Waals surface area contributed by atoms with Gasteiger partial charge in [0.1, 0.15) is 11.4 Å². The predicted molar refractivity (Wildman–Crippen MR) is 123 cm³/mol. The fourth-order valence-electron chi connectivity index (χ4n) is 4.04. The van der Waals surface area contributed by atoms with E-state index in [4.69, 9.17) is 9.47 Å². The van der Waals surface area contributed by atoms with Gasteiger partial charge in [-0.1, -0.05) is 17.3 Å². The van der Waals surface area contributed by atoms with E-state index in [1.807, 2.05) is 35.4 Å². The number of amides is 1. The van der Waals surface area contributed by atoms with Crippen molar-refractivity contribution in [3.63, 3.8) is 0 Å². The minimum Gasteiger partial charge on any atom is -0.385 e. The lowest BCUT2D eigenvalue weighted by Gasteiger charge is -2.26. The van der Waals surface area contributed by atoms with Crippen molar-refractivity contribution in [3.8, 4) is 17.1 Å². The van der Waals surface area contributed by atoms with Crippen LogP contribution in [0.5, 0.6) is 0 Å². The Morgan fingerprint density at radius 2 is 1.97 bits per heavy atom. The van der Waals surface area contributed by atoms with E-state index >= 15 is 0 Å². The largest absolute Gasteiger partial charge is 0.385 e. The Labute approximate surface area is 191 Å². The lowest BCUT2D eigenvalue weighted by Crippen LogP contribution is -2.40. The summed E-state index contributed by atoms with van der Waals surface area (Å²) in [7, 11) is 1.72. The molecule has 1 aliphatic heterocycles. The number of morpholine rings is 1. The SMILES string of the molecule is COCCCc1ccc2c(-c3cn(-c4ccc(C(=O)N5CCOCC5)cc4)nn3)n[nH]c2c1. The van der Waals surface area contributed by atoms with Crippen LogP contribution in [-0.2, 0) is 15.9 Å². The van der Waals surface area contributed by atoms with Crippen molar-refractivity contribution in [2.75, 3.05) is 40.0 Å². The number of carbonyl (C=O) groups excluding carboxylic acids is 1. The summed E-state index contributed by atoms with van der Waals surface area (Å²) in [6.07, 6.45) is 3.79. The second kappa shape index (κ2) is 9.51. The summed E-state index contributed by atoms with van der Waals surface area (Å²) in [6.45, 7) is 3.17. The standard InChI is InChI=1S/C24H26N6O3/c1-32-12-2-3-17-4-9-20-21(15-17)25-27-23(20)22-16-30(28-26-22)19-7-5-18(6-8-19)24(31)29-10-13-33-14-11-29/h4-9,15-16H,2-3,10-14H2,1H3,(H,25,27). The van der Waals surface area contributed by atoms with Gasteiger partial charge in [0.05, 0.1) is 30.6 Å². The Kier molecular flexibility index (Phi) is 6.14. The van der Waals surface area contributed by atoms with Gasteiger partial charge in [0, 0.05) is 37.8 Å². The van der Waals surface area contributed by atoms with Gasteiger partial charge >= 0.3 is 0 Å². The first-order valence-corrected chi connectivity index (χ1v) is 11.1. The number of aromatic amines is 1. The second-order valence-corrected chi connectivity index (χ2v) is 8.05. The molecule has 2 aromatic carbocycles. The highest BCUT2D eigenvalue weighted by Crippen LogP contribution is 2.26. The van der Waals surface area contributed by atoms with Crippen molar-refractivity contribution >= 4 is 16.8 Å². The monoisotopic (exact) mass is 446 g/mol. The summed E-state index contributed by atoms with van der Waals surface area (Å²) in [5.41, 5.74) is 5.14. The van der Waals surface area contributed by atoms with Crippen molar-refractivity contribution in [2.24, 2.45) is 0 Å². The molecule has 170 valence electrons. The number of aryl methyl sites for hydroxylation is 1. The third-order valence-electron chi connectivity index (χ3n) is 5.85. The lowest BCUT2D eigenvalue weighted by molar-refractivity contribution is 0.0303. The van der Waals surface area contributed by atoms with E-state index in [1.54, 1.807) is 11.8 Å². The van der Waals surface area contributed by atoms with Crippen LogP contribution >= 0.6 is 0 Å². The maximum atomic E-state index is 12.6. The maximum absolute atomic E-state index is 12.6. The molecule has 33 heavy (non-hydrogen) atoms. The van der Waals surface area contributed by atoms with Crippen LogP contribution in [0.15, 0.2) is 48.7 Å². The number of hydrogen-bond donors (Lipinski definition) is 1. The molecule has 3 heterocycles. The number of nitrogens with one attached hydrogen (secondary N) is 1. The second-order valence-electron chi connectivity index (χ2n) is 8.05. The van der Waals surface area contributed by atoms with E-state index < -0.39 is 0 Å². The Hall–Kier alpha value is -3.56. The van der Waals surface area contributed by atoms with Crippen molar-refractivity contribution in [3.05, 3.63) is 59.8 Å². The summed E-state index contributed by atoms with van der Waals surface area (Å²) < 4.78 is 12.2. The first kappa shape index (κ1) is 21.3. The molecule has 1 saturated heterocycles. The van der Waals surface area contributed by atoms with E-state index in [-0.39, 0.29) is 5.91 Å². The minimum atomic E-state index is 0.0220. The number of fused-ring (bicyclic) bond motifs is 1. The zero-order valence-corrected chi connectivity index (χ0v) is 18.5. The number of nitrogens with zero attached hydrogens (tertiary/aromatic N) is 5. The van der Waals surface area contributed by atoms with E-state index in [0.29, 0.717) is 37.6 Å². The van der Waals surface area contributed by atoms with Gasteiger partial charge in [-0.25, -0.2) is 4.68 Å². The van der Waals surface area contributed by atoms with Crippen molar-refractivity contribution < 1.29 is 14.3 Å². The van der Waals surface area contributed by atoms with Gasteiger partial charge in [0.15, 0.2) is 0 Å². The minimum absolute atomic E-state index is 0.0220. The number of benzene rings is 2. The predicted octanol–water partition coefficient (Wildman–Crippen LogP) is 2.86. The van der Waals surface area contributed by atoms with Crippen LogP contribution in [0.3, 0.4) is 0 Å². The Balaban J connectivity index is 1.32. The quantitative estimate of drug-likeness (QED) is 0.439. The molecule has 1 aliphatic rings. The molecule has 2 aromatic heterocycles. The molecule has 0 unspecified atom stereocenters. The van der Waals surface area contributed by atoms with Crippen LogP contribution in [0, 0.1) is 0 Å². The van der Waals surface area contributed by atoms with Crippen LogP contribution in [0.1, 0.15) is 22.3 Å². The number of H-pyrrole nitrogens is 1. The first-order valence-electron chi connectivity index (χ1n) is 11.1. The zero-order chi connectivity index (χ0) is 22.6. The zero-order valence-electron chi connectivity index (χ0n) is 18.5. The Morgan fingerprint density at radius 3 is 2.76 bits per heavy atom. The number of aromatic nitrogens is 5. The highest BCUT2D eigenvalue weighted by Gasteiger charge is 2.19. The highest BCUT2D eigenvalue weighted by atomic mass is 16.5. The molecule has 0 spiro atoms. The van der Waals surface area contributed by atoms with Gasteiger partial charge in [-0.2, -0.15) is 5.10 Å². The normalized spacial score (nSPS) is 14.2. The molecular weight excluding hydrogens is 420 g/mol. The summed E-state index contributed by atoms with van der Waals surface area (Å²) in [4.78, 5) is 14.5. The van der Waals surface area contributed by atoms with E-state index in [9.17, 15) is 4.79 Å². The molecule has 0 radical (unpaired) electrons. The van der Waals surface area contributed by atoms with Crippen molar-refractivity contribution in [2.45, 2.75) is 12.8 Å². The topological polar surface area (TPSA) is 98.2 Å². The molecule has 0 bridgehead atoms. The summed E-state index contributed by atoms with van der Waals surface area (Å²) in [5.74, 6) is 0.0220. The fraction of sp³-hybridized carbons (Fsp3) is 0.333. The summed E-state index contributed by atoms with van der Waals surface area (Å²) >= 11 is 0. The van der Waals surface area contributed by atoms with E-state index in [1.165, 1.54) is 5.56 Å². The highest BCUT2D eigenvalue weighted by molar-refractivity contribution is 5.94. The summed E-state index contributed by atoms with van der Waals surface area (Å²) in [5, 5.41) is 17.2. The third kappa shape index (κ3) is 4.50. The number of methoxy groups -OCH3 is 1.